The Bertz CT molecular complexity index is 432. The van der Waals surface area contributed by atoms with E-state index < -0.39 is 9.84 Å². The van der Waals surface area contributed by atoms with Crippen molar-refractivity contribution >= 4 is 21.6 Å². The second-order valence-corrected chi connectivity index (χ2v) is 7.83. The van der Waals surface area contributed by atoms with Crippen LogP contribution in [0.25, 0.3) is 0 Å². The summed E-state index contributed by atoms with van der Waals surface area (Å²) in [5, 5.41) is 0. The van der Waals surface area contributed by atoms with E-state index in [9.17, 15) is 8.42 Å². The molecule has 0 aliphatic heterocycles. The molecular weight excluding hydrogens is 266 g/mol. The molecule has 1 aromatic carbocycles. The van der Waals surface area contributed by atoms with Gasteiger partial charge in [0.15, 0.2) is 0 Å². The molecule has 0 heterocycles. The fourth-order valence-electron chi connectivity index (χ4n) is 1.51. The molecule has 0 amide bonds. The average Bonchev–Trinajstić information content (AvgIpc) is 2.37. The van der Waals surface area contributed by atoms with Gasteiger partial charge in [-0.05, 0) is 25.0 Å². The van der Waals surface area contributed by atoms with E-state index in [-0.39, 0.29) is 17.5 Å². The summed E-state index contributed by atoms with van der Waals surface area (Å²) in [6.07, 6.45) is 1.42. The van der Waals surface area contributed by atoms with Crippen molar-refractivity contribution in [1.82, 2.24) is 0 Å². The van der Waals surface area contributed by atoms with Gasteiger partial charge in [0.05, 0.1) is 5.75 Å². The third-order valence-corrected chi connectivity index (χ3v) is 5.67. The van der Waals surface area contributed by atoms with Crippen molar-refractivity contribution in [3.63, 3.8) is 0 Å². The summed E-state index contributed by atoms with van der Waals surface area (Å²) in [5.74, 6) is 1.31. The summed E-state index contributed by atoms with van der Waals surface area (Å²) >= 11 is 1.72. The van der Waals surface area contributed by atoms with E-state index >= 15 is 0 Å². The van der Waals surface area contributed by atoms with Crippen LogP contribution in [0.1, 0.15) is 19.8 Å². The van der Waals surface area contributed by atoms with Gasteiger partial charge < -0.3 is 5.73 Å². The van der Waals surface area contributed by atoms with Crippen molar-refractivity contribution in [1.29, 1.82) is 0 Å². The molecule has 3 nitrogen and oxygen atoms in total. The first-order chi connectivity index (χ1) is 8.53. The van der Waals surface area contributed by atoms with Crippen LogP contribution >= 0.6 is 11.8 Å². The molecule has 0 saturated carbocycles. The predicted molar refractivity (Wildman–Crippen MR) is 78.7 cm³/mol. The highest BCUT2D eigenvalue weighted by atomic mass is 32.2. The molecule has 0 aromatic heterocycles. The summed E-state index contributed by atoms with van der Waals surface area (Å²) in [6, 6.07) is 10.2. The smallest absolute Gasteiger partial charge is 0.150 e. The molecule has 1 rings (SSSR count). The number of thioether (sulfide) groups is 1. The molecule has 1 aromatic rings. The number of nitrogens with two attached hydrogens (primary N) is 1. The highest BCUT2D eigenvalue weighted by Gasteiger charge is 2.09. The molecule has 102 valence electrons. The fraction of sp³-hybridized carbons (Fsp3) is 0.538. The van der Waals surface area contributed by atoms with Crippen molar-refractivity contribution in [2.75, 3.05) is 17.3 Å². The maximum absolute atomic E-state index is 11.3. The normalized spacial score (nSPS) is 13.4. The Morgan fingerprint density at radius 1 is 1.28 bits per heavy atom. The minimum absolute atomic E-state index is 0.0577. The third kappa shape index (κ3) is 6.42. The van der Waals surface area contributed by atoms with Gasteiger partial charge in [0, 0.05) is 22.4 Å². The van der Waals surface area contributed by atoms with E-state index in [1.807, 2.05) is 18.2 Å². The zero-order valence-electron chi connectivity index (χ0n) is 10.7. The van der Waals surface area contributed by atoms with Crippen LogP contribution in [0.2, 0.25) is 0 Å². The maximum atomic E-state index is 11.3. The lowest BCUT2D eigenvalue weighted by molar-refractivity contribution is 0.587. The molecule has 0 radical (unpaired) electrons. The first-order valence-corrected chi connectivity index (χ1v) is 8.98. The van der Waals surface area contributed by atoms with Gasteiger partial charge in [-0.3, -0.25) is 0 Å². The number of sulfone groups is 1. The Morgan fingerprint density at radius 3 is 2.56 bits per heavy atom. The zero-order valence-corrected chi connectivity index (χ0v) is 12.3. The number of hydrogen-bond acceptors (Lipinski definition) is 4. The van der Waals surface area contributed by atoms with Gasteiger partial charge >= 0.3 is 0 Å². The van der Waals surface area contributed by atoms with E-state index in [1.165, 1.54) is 4.90 Å². The molecule has 0 aliphatic rings. The Hall–Kier alpha value is -0.520. The molecule has 0 fully saturated rings. The van der Waals surface area contributed by atoms with E-state index in [0.29, 0.717) is 6.42 Å². The minimum atomic E-state index is -2.84. The van der Waals surface area contributed by atoms with E-state index in [0.717, 1.165) is 12.2 Å². The Morgan fingerprint density at radius 2 is 1.94 bits per heavy atom. The van der Waals surface area contributed by atoms with E-state index in [2.05, 4.69) is 12.1 Å². The van der Waals surface area contributed by atoms with Crippen molar-refractivity contribution in [3.8, 4) is 0 Å². The third-order valence-electron chi connectivity index (χ3n) is 2.68. The molecule has 0 saturated heterocycles. The van der Waals surface area contributed by atoms with Crippen LogP contribution in [0.5, 0.6) is 0 Å². The van der Waals surface area contributed by atoms with Crippen molar-refractivity contribution in [3.05, 3.63) is 30.3 Å². The molecule has 2 N–H and O–H groups in total. The maximum Gasteiger partial charge on any atom is 0.150 e. The number of rotatable bonds is 8. The van der Waals surface area contributed by atoms with Crippen LogP contribution in [-0.2, 0) is 9.84 Å². The van der Waals surface area contributed by atoms with Gasteiger partial charge in [-0.2, -0.15) is 0 Å². The quantitative estimate of drug-likeness (QED) is 0.745. The van der Waals surface area contributed by atoms with Gasteiger partial charge in [0.25, 0.3) is 0 Å². The number of hydrogen-bond donors (Lipinski definition) is 1. The molecule has 18 heavy (non-hydrogen) atoms. The molecule has 5 heteroatoms. The van der Waals surface area contributed by atoms with Crippen molar-refractivity contribution < 1.29 is 8.42 Å². The lowest BCUT2D eigenvalue weighted by Gasteiger charge is -2.10. The lowest BCUT2D eigenvalue weighted by Crippen LogP contribution is -2.24. The molecule has 0 aliphatic carbocycles. The molecule has 1 unspecified atom stereocenters. The topological polar surface area (TPSA) is 60.2 Å². The van der Waals surface area contributed by atoms with Gasteiger partial charge in [0.2, 0.25) is 0 Å². The van der Waals surface area contributed by atoms with Crippen molar-refractivity contribution in [2.24, 2.45) is 5.73 Å². The van der Waals surface area contributed by atoms with Crippen LogP contribution in [0.15, 0.2) is 35.2 Å². The van der Waals surface area contributed by atoms with E-state index in [4.69, 9.17) is 5.73 Å². The largest absolute Gasteiger partial charge is 0.327 e. The van der Waals surface area contributed by atoms with Gasteiger partial charge in [-0.25, -0.2) is 8.42 Å². The van der Waals surface area contributed by atoms with Crippen LogP contribution in [0.3, 0.4) is 0 Å². The highest BCUT2D eigenvalue weighted by Crippen LogP contribution is 2.18. The predicted octanol–water partition coefficient (Wildman–Crippen LogP) is 2.32. The second kappa shape index (κ2) is 7.81. The van der Waals surface area contributed by atoms with Crippen molar-refractivity contribution in [2.45, 2.75) is 30.7 Å². The standard InChI is InChI=1S/C13H21NO2S2/c1-2-18(15,16)10-6-7-12(14)11-17-13-8-4-3-5-9-13/h3-5,8-9,12H,2,6-7,10-11,14H2,1H3. The molecule has 0 spiro atoms. The lowest BCUT2D eigenvalue weighted by atomic mass is 10.2. The van der Waals surface area contributed by atoms with Crippen LogP contribution in [0, 0.1) is 0 Å². The first kappa shape index (κ1) is 15.5. The summed E-state index contributed by atoms with van der Waals surface area (Å²) in [5.41, 5.74) is 5.98. The Labute approximate surface area is 114 Å². The first-order valence-electron chi connectivity index (χ1n) is 6.17. The van der Waals surface area contributed by atoms with Gasteiger partial charge in [-0.15, -0.1) is 11.8 Å². The fourth-order valence-corrected chi connectivity index (χ4v) is 3.33. The monoisotopic (exact) mass is 287 g/mol. The zero-order chi connectivity index (χ0) is 13.4. The van der Waals surface area contributed by atoms with E-state index in [1.54, 1.807) is 18.7 Å². The Balaban J connectivity index is 2.20. The molecule has 1 atom stereocenters. The molecular formula is C13H21NO2S2. The Kier molecular flexibility index (Phi) is 6.75. The SMILES string of the molecule is CCS(=O)(=O)CCCC(N)CSc1ccccc1. The second-order valence-electron chi connectivity index (χ2n) is 4.26. The molecule has 0 bridgehead atoms. The minimum Gasteiger partial charge on any atom is -0.327 e. The summed E-state index contributed by atoms with van der Waals surface area (Å²) < 4.78 is 22.6. The van der Waals surface area contributed by atoms with Crippen LogP contribution in [0.4, 0.5) is 0 Å². The highest BCUT2D eigenvalue weighted by molar-refractivity contribution is 7.99. The summed E-state index contributed by atoms with van der Waals surface area (Å²) in [7, 11) is -2.84. The summed E-state index contributed by atoms with van der Waals surface area (Å²) in [4.78, 5) is 1.20. The van der Waals surface area contributed by atoms with Gasteiger partial charge in [-0.1, -0.05) is 25.1 Å². The van der Waals surface area contributed by atoms with Gasteiger partial charge in [0.1, 0.15) is 9.84 Å². The average molecular weight is 287 g/mol. The van der Waals surface area contributed by atoms with Crippen LogP contribution in [-0.4, -0.2) is 31.7 Å². The summed E-state index contributed by atoms with van der Waals surface area (Å²) in [6.45, 7) is 1.68. The number of benzene rings is 1. The van der Waals surface area contributed by atoms with Crippen LogP contribution < -0.4 is 5.73 Å².